The summed E-state index contributed by atoms with van der Waals surface area (Å²) in [6, 6.07) is 3.87. The molecule has 0 spiro atoms. The van der Waals surface area contributed by atoms with Crippen molar-refractivity contribution in [1.29, 1.82) is 0 Å². The summed E-state index contributed by atoms with van der Waals surface area (Å²) in [5, 5.41) is 0.957. The van der Waals surface area contributed by atoms with Gasteiger partial charge in [-0.05, 0) is 45.1 Å². The zero-order valence-electron chi connectivity index (χ0n) is 16.1. The van der Waals surface area contributed by atoms with E-state index >= 15 is 0 Å². The molecule has 1 aliphatic heterocycles. The van der Waals surface area contributed by atoms with Gasteiger partial charge in [0.25, 0.3) is 0 Å². The SMILES string of the molecule is COc1cc2c(N3CCC(CCP(O)O)CC3)ncnc2cc1OC(C)C. The number of fused-ring (bicyclic) bond motifs is 1. The van der Waals surface area contributed by atoms with Gasteiger partial charge < -0.3 is 24.2 Å². The van der Waals surface area contributed by atoms with E-state index in [4.69, 9.17) is 19.3 Å². The Kier molecular flexibility index (Phi) is 6.68. The number of benzene rings is 1. The summed E-state index contributed by atoms with van der Waals surface area (Å²) in [4.78, 5) is 29.5. The third kappa shape index (κ3) is 4.98. The second-order valence-corrected chi connectivity index (χ2v) is 8.39. The molecule has 0 aliphatic carbocycles. The van der Waals surface area contributed by atoms with Crippen molar-refractivity contribution >= 4 is 25.1 Å². The third-order valence-corrected chi connectivity index (χ3v) is 5.57. The Balaban J connectivity index is 1.81. The molecule has 0 amide bonds. The molecule has 2 aromatic rings. The van der Waals surface area contributed by atoms with Crippen LogP contribution in [0.1, 0.15) is 33.1 Å². The fourth-order valence-electron chi connectivity index (χ4n) is 3.54. The van der Waals surface area contributed by atoms with Crippen LogP contribution in [0.2, 0.25) is 0 Å². The van der Waals surface area contributed by atoms with E-state index in [0.717, 1.165) is 49.1 Å². The Morgan fingerprint density at radius 1 is 1.19 bits per heavy atom. The number of ether oxygens (including phenoxy) is 2. The highest BCUT2D eigenvalue weighted by Gasteiger charge is 2.23. The Morgan fingerprint density at radius 3 is 2.56 bits per heavy atom. The van der Waals surface area contributed by atoms with Crippen molar-refractivity contribution in [3.63, 3.8) is 0 Å². The summed E-state index contributed by atoms with van der Waals surface area (Å²) in [6.07, 6.45) is 5.09. The minimum atomic E-state index is -1.78. The van der Waals surface area contributed by atoms with Crippen LogP contribution in [-0.4, -0.2) is 52.2 Å². The van der Waals surface area contributed by atoms with Gasteiger partial charge >= 0.3 is 0 Å². The Bertz CT molecular complexity index is 764. The molecular weight excluding hydrogens is 365 g/mol. The van der Waals surface area contributed by atoms with Gasteiger partial charge in [-0.15, -0.1) is 0 Å². The maximum Gasteiger partial charge on any atom is 0.164 e. The topological polar surface area (TPSA) is 87.9 Å². The molecule has 0 bridgehead atoms. The molecule has 27 heavy (non-hydrogen) atoms. The molecule has 2 heterocycles. The van der Waals surface area contributed by atoms with E-state index in [1.54, 1.807) is 13.4 Å². The van der Waals surface area contributed by atoms with Crippen LogP contribution in [0.4, 0.5) is 5.82 Å². The quantitative estimate of drug-likeness (QED) is 0.698. The molecule has 0 unspecified atom stereocenters. The molecule has 1 saturated heterocycles. The fraction of sp³-hybridized carbons (Fsp3) is 0.579. The first-order valence-electron chi connectivity index (χ1n) is 9.37. The molecular formula is C19H28N3O4P. The van der Waals surface area contributed by atoms with E-state index in [1.807, 2.05) is 26.0 Å². The first-order valence-corrected chi connectivity index (χ1v) is 10.8. The van der Waals surface area contributed by atoms with Gasteiger partial charge in [0, 0.05) is 30.7 Å². The van der Waals surface area contributed by atoms with Gasteiger partial charge in [0.05, 0.1) is 18.7 Å². The number of aromatic nitrogens is 2. The van der Waals surface area contributed by atoms with Crippen LogP contribution >= 0.6 is 8.38 Å². The van der Waals surface area contributed by atoms with Crippen molar-refractivity contribution in [1.82, 2.24) is 9.97 Å². The van der Waals surface area contributed by atoms with Crippen molar-refractivity contribution in [3.05, 3.63) is 18.5 Å². The van der Waals surface area contributed by atoms with Crippen LogP contribution in [0.25, 0.3) is 10.9 Å². The monoisotopic (exact) mass is 393 g/mol. The van der Waals surface area contributed by atoms with E-state index in [2.05, 4.69) is 14.9 Å². The molecule has 8 heteroatoms. The number of hydrogen-bond donors (Lipinski definition) is 2. The second kappa shape index (κ2) is 9.00. The first kappa shape index (κ1) is 20.1. The number of nitrogens with zero attached hydrogens (tertiary/aromatic N) is 3. The Morgan fingerprint density at radius 2 is 1.93 bits per heavy atom. The predicted molar refractivity (Wildman–Crippen MR) is 108 cm³/mol. The average Bonchev–Trinajstić information content (AvgIpc) is 2.65. The van der Waals surface area contributed by atoms with Gasteiger partial charge in [-0.1, -0.05) is 0 Å². The number of piperidine rings is 1. The minimum Gasteiger partial charge on any atom is -0.493 e. The highest BCUT2D eigenvalue weighted by atomic mass is 31.2. The lowest BCUT2D eigenvalue weighted by Gasteiger charge is -2.33. The van der Waals surface area contributed by atoms with Gasteiger partial charge in [0.1, 0.15) is 12.1 Å². The summed E-state index contributed by atoms with van der Waals surface area (Å²) in [5.74, 6) is 2.83. The molecule has 2 N–H and O–H groups in total. The van der Waals surface area contributed by atoms with Crippen molar-refractivity contribution in [2.75, 3.05) is 31.3 Å². The standard InChI is InChI=1S/C19H28N3O4P/c1-13(2)26-18-11-16-15(10-17(18)25-3)19(21-12-20-16)22-7-4-14(5-8-22)6-9-27(23)24/h10-14,23-24H,4-9H2,1-3H3. The molecule has 7 nitrogen and oxygen atoms in total. The molecule has 0 radical (unpaired) electrons. The Labute approximate surface area is 161 Å². The van der Waals surface area contributed by atoms with Gasteiger partial charge in [-0.3, -0.25) is 0 Å². The van der Waals surface area contributed by atoms with Gasteiger partial charge in [-0.2, -0.15) is 0 Å². The fourth-order valence-corrected chi connectivity index (χ4v) is 4.14. The zero-order valence-corrected chi connectivity index (χ0v) is 17.0. The number of methoxy groups -OCH3 is 1. The molecule has 1 aromatic heterocycles. The van der Waals surface area contributed by atoms with Crippen molar-refractivity contribution < 1.29 is 19.3 Å². The predicted octanol–water partition coefficient (Wildman–Crippen LogP) is 3.33. The van der Waals surface area contributed by atoms with Crippen LogP contribution in [-0.2, 0) is 0 Å². The van der Waals surface area contributed by atoms with E-state index < -0.39 is 8.38 Å². The highest BCUT2D eigenvalue weighted by molar-refractivity contribution is 7.45. The molecule has 0 atom stereocenters. The lowest BCUT2D eigenvalue weighted by Crippen LogP contribution is -2.34. The van der Waals surface area contributed by atoms with Crippen molar-refractivity contribution in [2.24, 2.45) is 5.92 Å². The maximum atomic E-state index is 9.13. The summed E-state index contributed by atoms with van der Waals surface area (Å²) in [7, 11) is -0.140. The van der Waals surface area contributed by atoms with Crippen LogP contribution < -0.4 is 14.4 Å². The molecule has 3 rings (SSSR count). The van der Waals surface area contributed by atoms with Gasteiger partial charge in [0.15, 0.2) is 19.9 Å². The normalized spacial score (nSPS) is 15.7. The van der Waals surface area contributed by atoms with E-state index in [9.17, 15) is 0 Å². The minimum absolute atomic E-state index is 0.0514. The number of hydrogen-bond acceptors (Lipinski definition) is 7. The summed E-state index contributed by atoms with van der Waals surface area (Å²) in [5.41, 5.74) is 0.838. The Hall–Kier alpha value is -1.69. The zero-order chi connectivity index (χ0) is 19.4. The maximum absolute atomic E-state index is 9.13. The van der Waals surface area contributed by atoms with Crippen LogP contribution in [0.15, 0.2) is 18.5 Å². The van der Waals surface area contributed by atoms with E-state index in [1.165, 1.54) is 0 Å². The van der Waals surface area contributed by atoms with Crippen LogP contribution in [0.5, 0.6) is 11.5 Å². The molecule has 0 saturated carbocycles. The summed E-state index contributed by atoms with van der Waals surface area (Å²) in [6.45, 7) is 5.77. The molecule has 1 aliphatic rings. The van der Waals surface area contributed by atoms with Gasteiger partial charge in [-0.25, -0.2) is 9.97 Å². The first-order chi connectivity index (χ1) is 13.0. The third-order valence-electron chi connectivity index (χ3n) is 4.91. The molecule has 1 fully saturated rings. The lowest BCUT2D eigenvalue weighted by molar-refractivity contribution is 0.230. The molecule has 148 valence electrons. The second-order valence-electron chi connectivity index (χ2n) is 7.20. The van der Waals surface area contributed by atoms with Crippen molar-refractivity contribution in [2.45, 2.75) is 39.2 Å². The van der Waals surface area contributed by atoms with Gasteiger partial charge in [0.2, 0.25) is 0 Å². The number of anilines is 1. The van der Waals surface area contributed by atoms with Crippen LogP contribution in [0.3, 0.4) is 0 Å². The van der Waals surface area contributed by atoms with Crippen molar-refractivity contribution in [3.8, 4) is 11.5 Å². The molecule has 1 aromatic carbocycles. The average molecular weight is 393 g/mol. The van der Waals surface area contributed by atoms with E-state index in [0.29, 0.717) is 23.6 Å². The van der Waals surface area contributed by atoms with Crippen LogP contribution in [0, 0.1) is 5.92 Å². The highest BCUT2D eigenvalue weighted by Crippen LogP contribution is 2.37. The largest absolute Gasteiger partial charge is 0.493 e. The smallest absolute Gasteiger partial charge is 0.164 e. The van der Waals surface area contributed by atoms with E-state index in [-0.39, 0.29) is 6.10 Å². The lowest BCUT2D eigenvalue weighted by atomic mass is 9.94. The summed E-state index contributed by atoms with van der Waals surface area (Å²) >= 11 is 0. The summed E-state index contributed by atoms with van der Waals surface area (Å²) < 4.78 is 11.4. The number of rotatable bonds is 7.